The van der Waals surface area contributed by atoms with E-state index >= 15 is 0 Å². The van der Waals surface area contributed by atoms with Gasteiger partial charge in [0.25, 0.3) is 0 Å². The fourth-order valence-electron chi connectivity index (χ4n) is 2.24. The number of hydrogen-bond acceptors (Lipinski definition) is 2. The number of nitrogens with zero attached hydrogens (tertiary/aromatic N) is 1. The van der Waals surface area contributed by atoms with Crippen LogP contribution in [-0.2, 0) is 0 Å². The number of aliphatic hydroxyl groups is 1. The molecule has 0 radical (unpaired) electrons. The fourth-order valence-corrected chi connectivity index (χ4v) is 2.24. The van der Waals surface area contributed by atoms with Gasteiger partial charge in [-0.15, -0.1) is 0 Å². The van der Waals surface area contributed by atoms with Gasteiger partial charge in [-0.25, -0.2) is 0 Å². The average Bonchev–Trinajstić information content (AvgIpc) is 2.26. The van der Waals surface area contributed by atoms with Gasteiger partial charge >= 0.3 is 0 Å². The molecular formula is C14H23NO. The van der Waals surface area contributed by atoms with Crippen LogP contribution < -0.4 is 0 Å². The number of likely N-dealkylation sites (tertiary alicyclic amines) is 1. The van der Waals surface area contributed by atoms with Crippen molar-refractivity contribution in [3.8, 4) is 0 Å². The molecule has 2 nitrogen and oxygen atoms in total. The molecule has 1 rings (SSSR count). The van der Waals surface area contributed by atoms with E-state index in [4.69, 9.17) is 0 Å². The van der Waals surface area contributed by atoms with Crippen LogP contribution in [0.15, 0.2) is 37.0 Å². The summed E-state index contributed by atoms with van der Waals surface area (Å²) in [7, 11) is 0. The highest BCUT2D eigenvalue weighted by Crippen LogP contribution is 2.30. The van der Waals surface area contributed by atoms with E-state index in [9.17, 15) is 5.11 Å². The maximum Gasteiger partial charge on any atom is 0.0920 e. The quantitative estimate of drug-likeness (QED) is 0.737. The van der Waals surface area contributed by atoms with Crippen LogP contribution in [-0.4, -0.2) is 34.7 Å². The molecule has 1 N–H and O–H groups in total. The van der Waals surface area contributed by atoms with Crippen LogP contribution in [0.4, 0.5) is 0 Å². The van der Waals surface area contributed by atoms with E-state index in [-0.39, 0.29) is 0 Å². The van der Waals surface area contributed by atoms with Crippen molar-refractivity contribution in [3.05, 3.63) is 37.0 Å². The molecule has 0 aromatic carbocycles. The zero-order valence-corrected chi connectivity index (χ0v) is 10.4. The standard InChI is InChI=1S/C14H23NO/c1-5-7-13(6-2)14(16)8-10-15(11-9-14)12(3)4/h5-7,12,16H,1-2,8-11H2,3-4H3/b13-7+. The maximum atomic E-state index is 10.5. The summed E-state index contributed by atoms with van der Waals surface area (Å²) in [6.45, 7) is 13.7. The first-order valence-corrected chi connectivity index (χ1v) is 5.95. The molecule has 0 aliphatic carbocycles. The molecule has 0 unspecified atom stereocenters. The Kier molecular flexibility index (Phi) is 4.51. The topological polar surface area (TPSA) is 23.5 Å². The molecule has 0 amide bonds. The van der Waals surface area contributed by atoms with E-state index in [2.05, 4.69) is 31.9 Å². The van der Waals surface area contributed by atoms with Gasteiger partial charge in [0.2, 0.25) is 0 Å². The van der Waals surface area contributed by atoms with E-state index in [0.717, 1.165) is 31.5 Å². The van der Waals surface area contributed by atoms with Gasteiger partial charge in [0.05, 0.1) is 5.60 Å². The summed E-state index contributed by atoms with van der Waals surface area (Å²) in [6, 6.07) is 0.556. The summed E-state index contributed by atoms with van der Waals surface area (Å²) < 4.78 is 0. The number of hydrogen-bond donors (Lipinski definition) is 1. The van der Waals surface area contributed by atoms with Crippen LogP contribution in [0.1, 0.15) is 26.7 Å². The van der Waals surface area contributed by atoms with Gasteiger partial charge in [-0.2, -0.15) is 0 Å². The second kappa shape index (κ2) is 5.46. The van der Waals surface area contributed by atoms with Crippen molar-refractivity contribution in [2.75, 3.05) is 13.1 Å². The zero-order chi connectivity index (χ0) is 12.2. The minimum absolute atomic E-state index is 0.556. The number of allylic oxidation sites excluding steroid dienone is 2. The molecule has 1 heterocycles. The summed E-state index contributed by atoms with van der Waals surface area (Å²) in [6.07, 6.45) is 6.86. The normalized spacial score (nSPS) is 22.1. The van der Waals surface area contributed by atoms with E-state index in [1.54, 1.807) is 12.2 Å². The van der Waals surface area contributed by atoms with Crippen LogP contribution in [0.3, 0.4) is 0 Å². The third-order valence-corrected chi connectivity index (χ3v) is 3.41. The molecular weight excluding hydrogens is 198 g/mol. The van der Waals surface area contributed by atoms with Gasteiger partial charge in [0.1, 0.15) is 0 Å². The lowest BCUT2D eigenvalue weighted by Crippen LogP contribution is -2.47. The molecule has 0 atom stereocenters. The van der Waals surface area contributed by atoms with Crippen LogP contribution in [0.2, 0.25) is 0 Å². The van der Waals surface area contributed by atoms with E-state index in [1.807, 2.05) is 6.08 Å². The average molecular weight is 221 g/mol. The predicted molar refractivity (Wildman–Crippen MR) is 69.4 cm³/mol. The SMILES string of the molecule is C=C/C=C(\C=C)C1(O)CCN(C(C)C)CC1. The highest BCUT2D eigenvalue weighted by Gasteiger charge is 2.34. The minimum Gasteiger partial charge on any atom is -0.385 e. The second-order valence-electron chi connectivity index (χ2n) is 4.72. The van der Waals surface area contributed by atoms with Crippen molar-refractivity contribution in [1.82, 2.24) is 4.90 Å². The van der Waals surface area contributed by atoms with Crippen LogP contribution in [0.5, 0.6) is 0 Å². The molecule has 1 fully saturated rings. The Bertz CT molecular complexity index is 283. The van der Waals surface area contributed by atoms with Crippen molar-refractivity contribution in [3.63, 3.8) is 0 Å². The van der Waals surface area contributed by atoms with Crippen molar-refractivity contribution in [2.45, 2.75) is 38.3 Å². The lowest BCUT2D eigenvalue weighted by Gasteiger charge is -2.40. The molecule has 0 aromatic rings. The van der Waals surface area contributed by atoms with Gasteiger partial charge in [-0.1, -0.05) is 31.4 Å². The maximum absolute atomic E-state index is 10.5. The molecule has 2 heteroatoms. The molecule has 16 heavy (non-hydrogen) atoms. The van der Waals surface area contributed by atoms with Crippen LogP contribution in [0, 0.1) is 0 Å². The molecule has 0 bridgehead atoms. The Hall–Kier alpha value is -0.860. The largest absolute Gasteiger partial charge is 0.385 e. The smallest absolute Gasteiger partial charge is 0.0920 e. The fraction of sp³-hybridized carbons (Fsp3) is 0.571. The number of piperidine rings is 1. The lowest BCUT2D eigenvalue weighted by atomic mass is 9.83. The molecule has 1 aliphatic rings. The summed E-state index contributed by atoms with van der Waals surface area (Å²) in [4.78, 5) is 2.39. The van der Waals surface area contributed by atoms with Crippen molar-refractivity contribution >= 4 is 0 Å². The van der Waals surface area contributed by atoms with Crippen molar-refractivity contribution in [1.29, 1.82) is 0 Å². The van der Waals surface area contributed by atoms with Crippen molar-refractivity contribution < 1.29 is 5.11 Å². The van der Waals surface area contributed by atoms with Gasteiger partial charge in [-0.3, -0.25) is 0 Å². The highest BCUT2D eigenvalue weighted by molar-refractivity contribution is 5.31. The van der Waals surface area contributed by atoms with Gasteiger partial charge in [0, 0.05) is 19.1 Å². The Balaban J connectivity index is 2.72. The second-order valence-corrected chi connectivity index (χ2v) is 4.72. The molecule has 90 valence electrons. The third kappa shape index (κ3) is 2.83. The molecule has 0 spiro atoms. The van der Waals surface area contributed by atoms with Crippen LogP contribution >= 0.6 is 0 Å². The Morgan fingerprint density at radius 2 is 1.88 bits per heavy atom. The zero-order valence-electron chi connectivity index (χ0n) is 10.4. The van der Waals surface area contributed by atoms with Crippen molar-refractivity contribution in [2.24, 2.45) is 0 Å². The third-order valence-electron chi connectivity index (χ3n) is 3.41. The number of rotatable bonds is 4. The first-order chi connectivity index (χ1) is 7.53. The first-order valence-electron chi connectivity index (χ1n) is 5.95. The monoisotopic (exact) mass is 221 g/mol. The molecule has 0 saturated carbocycles. The summed E-state index contributed by atoms with van der Waals surface area (Å²) in [5.74, 6) is 0. The van der Waals surface area contributed by atoms with Gasteiger partial charge in [-0.05, 0) is 32.3 Å². The molecule has 0 aromatic heterocycles. The summed E-state index contributed by atoms with van der Waals surface area (Å²) in [5.41, 5.74) is 0.187. The first kappa shape index (κ1) is 13.2. The highest BCUT2D eigenvalue weighted by atomic mass is 16.3. The van der Waals surface area contributed by atoms with E-state index in [0.29, 0.717) is 6.04 Å². The summed E-state index contributed by atoms with van der Waals surface area (Å²) in [5, 5.41) is 10.5. The van der Waals surface area contributed by atoms with Gasteiger partial charge < -0.3 is 10.0 Å². The van der Waals surface area contributed by atoms with Crippen LogP contribution in [0.25, 0.3) is 0 Å². The van der Waals surface area contributed by atoms with E-state index in [1.165, 1.54) is 0 Å². The molecule has 1 aliphatic heterocycles. The van der Waals surface area contributed by atoms with Gasteiger partial charge in [0.15, 0.2) is 0 Å². The van der Waals surface area contributed by atoms with E-state index < -0.39 is 5.60 Å². The predicted octanol–water partition coefficient (Wildman–Crippen LogP) is 2.52. The molecule has 1 saturated heterocycles. The minimum atomic E-state index is -0.707. The lowest BCUT2D eigenvalue weighted by molar-refractivity contribution is 0.00388. The summed E-state index contributed by atoms with van der Waals surface area (Å²) >= 11 is 0. The Morgan fingerprint density at radius 3 is 2.25 bits per heavy atom. The Morgan fingerprint density at radius 1 is 1.31 bits per heavy atom. The Labute approximate surface area is 99.0 Å².